The van der Waals surface area contributed by atoms with Gasteiger partial charge < -0.3 is 15.1 Å². The van der Waals surface area contributed by atoms with Gasteiger partial charge in [-0.05, 0) is 13.8 Å². The first-order valence-electron chi connectivity index (χ1n) is 4.44. The molecule has 0 spiro atoms. The van der Waals surface area contributed by atoms with Crippen molar-refractivity contribution in [2.75, 3.05) is 6.61 Å². The number of carbonyl (C=O) groups is 3. The Morgan fingerprint density at radius 1 is 1.27 bits per heavy atom. The summed E-state index contributed by atoms with van der Waals surface area (Å²) in [4.78, 5) is 35.4. The standard InChI is InChI=1S/C9H12N2O4/c1-3-15-9(14)8(11-10)7(13)5-4-6(2)12/h3-5H2,1-2H3. The van der Waals surface area contributed by atoms with Gasteiger partial charge in [-0.1, -0.05) is 0 Å². The van der Waals surface area contributed by atoms with Crippen molar-refractivity contribution in [3.63, 3.8) is 0 Å². The number of carbonyl (C=O) groups excluding carboxylic acids is 3. The van der Waals surface area contributed by atoms with Crippen LogP contribution in [0, 0.1) is 0 Å². The van der Waals surface area contributed by atoms with Crippen molar-refractivity contribution in [1.29, 1.82) is 0 Å². The normalized spacial score (nSPS) is 8.93. The van der Waals surface area contributed by atoms with Crippen molar-refractivity contribution >= 4 is 23.2 Å². The highest BCUT2D eigenvalue weighted by Crippen LogP contribution is 1.95. The number of hydrogen-bond donors (Lipinski definition) is 0. The molecule has 15 heavy (non-hydrogen) atoms. The molecule has 0 saturated carbocycles. The first kappa shape index (κ1) is 13.2. The van der Waals surface area contributed by atoms with Crippen molar-refractivity contribution < 1.29 is 23.9 Å². The molecule has 82 valence electrons. The quantitative estimate of drug-likeness (QED) is 0.206. The zero-order valence-electron chi connectivity index (χ0n) is 8.65. The third kappa shape index (κ3) is 4.83. The van der Waals surface area contributed by atoms with E-state index in [4.69, 9.17) is 5.53 Å². The number of nitrogens with zero attached hydrogens (tertiary/aromatic N) is 2. The zero-order chi connectivity index (χ0) is 11.8. The molecule has 0 N–H and O–H groups in total. The highest BCUT2D eigenvalue weighted by atomic mass is 16.5. The Hall–Kier alpha value is -1.81. The van der Waals surface area contributed by atoms with Crippen LogP contribution < -0.4 is 0 Å². The van der Waals surface area contributed by atoms with Gasteiger partial charge in [0.05, 0.1) is 6.61 Å². The third-order valence-corrected chi connectivity index (χ3v) is 1.54. The number of esters is 1. The van der Waals surface area contributed by atoms with Gasteiger partial charge in [0.25, 0.3) is 5.78 Å². The Kier molecular flexibility index (Phi) is 5.82. The molecule has 6 nitrogen and oxygen atoms in total. The molecule has 0 atom stereocenters. The Morgan fingerprint density at radius 2 is 1.87 bits per heavy atom. The number of rotatable bonds is 6. The van der Waals surface area contributed by atoms with Crippen LogP contribution in [-0.2, 0) is 19.1 Å². The highest BCUT2D eigenvalue weighted by molar-refractivity contribution is 6.62. The second-order valence-electron chi connectivity index (χ2n) is 2.79. The lowest BCUT2D eigenvalue weighted by Crippen LogP contribution is -2.27. The van der Waals surface area contributed by atoms with Gasteiger partial charge in [-0.2, -0.15) is 4.79 Å². The van der Waals surface area contributed by atoms with Crippen LogP contribution >= 0.6 is 0 Å². The van der Waals surface area contributed by atoms with Crippen LogP contribution in [0.3, 0.4) is 0 Å². The maximum Gasteiger partial charge on any atom is 0.441 e. The Balaban J connectivity index is 4.43. The molecule has 0 rings (SSSR count). The van der Waals surface area contributed by atoms with Gasteiger partial charge in [-0.25, -0.2) is 4.79 Å². The van der Waals surface area contributed by atoms with Crippen LogP contribution in [-0.4, -0.2) is 34.6 Å². The van der Waals surface area contributed by atoms with E-state index in [-0.39, 0.29) is 25.2 Å². The molecule has 0 aromatic rings. The van der Waals surface area contributed by atoms with E-state index in [9.17, 15) is 14.4 Å². The summed E-state index contributed by atoms with van der Waals surface area (Å²) in [5, 5.41) is 0. The molecule has 0 radical (unpaired) electrons. The van der Waals surface area contributed by atoms with E-state index >= 15 is 0 Å². The average molecular weight is 212 g/mol. The Bertz CT molecular complexity index is 329. The van der Waals surface area contributed by atoms with E-state index in [0.29, 0.717) is 0 Å². The molecule has 0 amide bonds. The van der Waals surface area contributed by atoms with E-state index in [1.54, 1.807) is 6.92 Å². The molecule has 0 aliphatic rings. The molecule has 0 heterocycles. The molecule has 0 bridgehead atoms. The Morgan fingerprint density at radius 3 is 2.27 bits per heavy atom. The van der Waals surface area contributed by atoms with Crippen molar-refractivity contribution in [1.82, 2.24) is 0 Å². The van der Waals surface area contributed by atoms with E-state index in [2.05, 4.69) is 9.53 Å². The molecule has 6 heteroatoms. The van der Waals surface area contributed by atoms with E-state index in [0.717, 1.165) is 0 Å². The highest BCUT2D eigenvalue weighted by Gasteiger charge is 2.30. The minimum atomic E-state index is -0.978. The molecule has 0 aliphatic heterocycles. The first-order chi connectivity index (χ1) is 7.02. The molecular formula is C9H12N2O4. The maximum atomic E-state index is 11.3. The third-order valence-electron chi connectivity index (χ3n) is 1.54. The fourth-order valence-corrected chi connectivity index (χ4v) is 0.818. The SMILES string of the molecule is CCOC(=O)C(=[N+]=[N-])C(=O)CCC(C)=O. The fourth-order valence-electron chi connectivity index (χ4n) is 0.818. The predicted octanol–water partition coefficient (Wildman–Crippen LogP) is 0.159. The van der Waals surface area contributed by atoms with Gasteiger partial charge in [-0.15, -0.1) is 0 Å². The number of hydrogen-bond acceptors (Lipinski definition) is 4. The number of ether oxygens (including phenoxy) is 1. The summed E-state index contributed by atoms with van der Waals surface area (Å²) in [5.74, 6) is -1.86. The molecule has 0 aromatic carbocycles. The van der Waals surface area contributed by atoms with Gasteiger partial charge in [0.2, 0.25) is 0 Å². The van der Waals surface area contributed by atoms with Crippen LogP contribution in [0.5, 0.6) is 0 Å². The molecular weight excluding hydrogens is 200 g/mol. The summed E-state index contributed by atoms with van der Waals surface area (Å²) in [6.07, 6.45) is -0.148. The number of ketones is 2. The average Bonchev–Trinajstić information content (AvgIpc) is 2.16. The first-order valence-corrected chi connectivity index (χ1v) is 4.44. The largest absolute Gasteiger partial charge is 0.457 e. The van der Waals surface area contributed by atoms with Gasteiger partial charge in [0, 0.05) is 12.8 Å². The molecule has 0 saturated heterocycles. The smallest absolute Gasteiger partial charge is 0.441 e. The van der Waals surface area contributed by atoms with Gasteiger partial charge in [0.15, 0.2) is 0 Å². The van der Waals surface area contributed by atoms with Gasteiger partial charge in [-0.3, -0.25) is 4.79 Å². The van der Waals surface area contributed by atoms with Crippen molar-refractivity contribution in [2.24, 2.45) is 0 Å². The van der Waals surface area contributed by atoms with Crippen molar-refractivity contribution in [2.45, 2.75) is 26.7 Å². The van der Waals surface area contributed by atoms with E-state index in [1.165, 1.54) is 6.92 Å². The lowest BCUT2D eigenvalue weighted by molar-refractivity contribution is -0.142. The summed E-state index contributed by atoms with van der Waals surface area (Å²) >= 11 is 0. The van der Waals surface area contributed by atoms with E-state index < -0.39 is 17.5 Å². The van der Waals surface area contributed by atoms with Crippen molar-refractivity contribution in [3.05, 3.63) is 5.53 Å². The maximum absolute atomic E-state index is 11.3. The second kappa shape index (κ2) is 6.62. The summed E-state index contributed by atoms with van der Waals surface area (Å²) in [5.41, 5.74) is 7.77. The zero-order valence-corrected chi connectivity index (χ0v) is 8.65. The van der Waals surface area contributed by atoms with Crippen LogP contribution in [0.1, 0.15) is 26.7 Å². The summed E-state index contributed by atoms with van der Waals surface area (Å²) in [6, 6.07) is 0. The summed E-state index contributed by atoms with van der Waals surface area (Å²) in [7, 11) is 0. The van der Waals surface area contributed by atoms with Gasteiger partial charge in [0.1, 0.15) is 5.78 Å². The molecule has 0 fully saturated rings. The minimum Gasteiger partial charge on any atom is -0.457 e. The second-order valence-corrected chi connectivity index (χ2v) is 2.79. The molecule has 0 aliphatic carbocycles. The molecule has 0 aromatic heterocycles. The fraction of sp³-hybridized carbons (Fsp3) is 0.556. The van der Waals surface area contributed by atoms with Crippen LogP contribution in [0.15, 0.2) is 0 Å². The Labute approximate surface area is 86.8 Å². The van der Waals surface area contributed by atoms with Crippen molar-refractivity contribution in [3.8, 4) is 0 Å². The van der Waals surface area contributed by atoms with Gasteiger partial charge >= 0.3 is 11.7 Å². The van der Waals surface area contributed by atoms with Crippen LogP contribution in [0.25, 0.3) is 5.53 Å². The lowest BCUT2D eigenvalue weighted by Gasteiger charge is -1.96. The van der Waals surface area contributed by atoms with Crippen LogP contribution in [0.4, 0.5) is 0 Å². The number of Topliss-reactive ketones (excluding diaryl/α,β-unsaturated/α-hetero) is 2. The minimum absolute atomic E-state index is 0.0112. The molecule has 0 unspecified atom stereocenters. The summed E-state index contributed by atoms with van der Waals surface area (Å²) in [6.45, 7) is 2.97. The monoisotopic (exact) mass is 212 g/mol. The summed E-state index contributed by atoms with van der Waals surface area (Å²) < 4.78 is 4.49. The lowest BCUT2D eigenvalue weighted by atomic mass is 10.1. The van der Waals surface area contributed by atoms with Crippen LogP contribution in [0.2, 0.25) is 0 Å². The topological polar surface area (TPSA) is 96.8 Å². The van der Waals surface area contributed by atoms with E-state index in [1.807, 2.05) is 0 Å². The predicted molar refractivity (Wildman–Crippen MR) is 50.2 cm³/mol.